The molecule has 110 valence electrons. The SMILES string of the molecule is CCCCCCCC(O)CCC#CCc1ccccc1. The molecule has 0 radical (unpaired) electrons. The summed E-state index contributed by atoms with van der Waals surface area (Å²) < 4.78 is 0. The minimum atomic E-state index is -0.164. The van der Waals surface area contributed by atoms with Gasteiger partial charge in [-0.05, 0) is 18.4 Å². The van der Waals surface area contributed by atoms with Crippen molar-refractivity contribution in [1.82, 2.24) is 0 Å². The van der Waals surface area contributed by atoms with Gasteiger partial charge in [-0.3, -0.25) is 0 Å². The van der Waals surface area contributed by atoms with Gasteiger partial charge in [0.15, 0.2) is 0 Å². The Hall–Kier alpha value is -1.26. The molecule has 1 aromatic carbocycles. The Kier molecular flexibility index (Phi) is 9.70. The van der Waals surface area contributed by atoms with Crippen LogP contribution in [0.2, 0.25) is 0 Å². The summed E-state index contributed by atoms with van der Waals surface area (Å²) in [6.07, 6.45) is 9.52. The smallest absolute Gasteiger partial charge is 0.0549 e. The molecule has 0 saturated heterocycles. The molecule has 1 heteroatoms. The van der Waals surface area contributed by atoms with Crippen LogP contribution in [0.5, 0.6) is 0 Å². The van der Waals surface area contributed by atoms with Gasteiger partial charge in [0.1, 0.15) is 0 Å². The number of hydrogen-bond acceptors (Lipinski definition) is 1. The van der Waals surface area contributed by atoms with Crippen LogP contribution in [0.1, 0.15) is 63.9 Å². The Labute approximate surface area is 124 Å². The van der Waals surface area contributed by atoms with Crippen LogP contribution in [-0.4, -0.2) is 11.2 Å². The molecule has 1 atom stereocenters. The van der Waals surface area contributed by atoms with Crippen molar-refractivity contribution >= 4 is 0 Å². The molecule has 0 aliphatic heterocycles. The summed E-state index contributed by atoms with van der Waals surface area (Å²) in [6, 6.07) is 10.3. The lowest BCUT2D eigenvalue weighted by atomic mass is 10.0. The van der Waals surface area contributed by atoms with Crippen LogP contribution < -0.4 is 0 Å². The average Bonchev–Trinajstić information content (AvgIpc) is 2.48. The van der Waals surface area contributed by atoms with Crippen LogP contribution in [0.4, 0.5) is 0 Å². The zero-order valence-corrected chi connectivity index (χ0v) is 12.8. The Balaban J connectivity index is 2.03. The molecule has 0 heterocycles. The average molecular weight is 272 g/mol. The zero-order chi connectivity index (χ0) is 14.5. The van der Waals surface area contributed by atoms with E-state index in [2.05, 4.69) is 30.9 Å². The van der Waals surface area contributed by atoms with Gasteiger partial charge in [0.25, 0.3) is 0 Å². The van der Waals surface area contributed by atoms with E-state index in [0.29, 0.717) is 0 Å². The number of aliphatic hydroxyl groups excluding tert-OH is 1. The van der Waals surface area contributed by atoms with Crippen molar-refractivity contribution in [2.45, 2.75) is 70.8 Å². The quantitative estimate of drug-likeness (QED) is 0.509. The third-order valence-corrected chi connectivity index (χ3v) is 3.50. The Morgan fingerprint density at radius 1 is 0.950 bits per heavy atom. The maximum absolute atomic E-state index is 9.85. The second-order valence-electron chi connectivity index (χ2n) is 5.41. The maximum Gasteiger partial charge on any atom is 0.0549 e. The minimum absolute atomic E-state index is 0.164. The molecule has 0 amide bonds. The van der Waals surface area contributed by atoms with E-state index in [4.69, 9.17) is 0 Å². The number of rotatable bonds is 9. The van der Waals surface area contributed by atoms with Gasteiger partial charge in [-0.2, -0.15) is 0 Å². The van der Waals surface area contributed by atoms with Gasteiger partial charge < -0.3 is 5.11 Å². The van der Waals surface area contributed by atoms with Gasteiger partial charge in [-0.1, -0.05) is 75.3 Å². The maximum atomic E-state index is 9.85. The summed E-state index contributed by atoms with van der Waals surface area (Å²) in [7, 11) is 0. The molecule has 20 heavy (non-hydrogen) atoms. The van der Waals surface area contributed by atoms with Crippen LogP contribution in [0, 0.1) is 11.8 Å². The van der Waals surface area contributed by atoms with E-state index in [1.807, 2.05) is 18.2 Å². The van der Waals surface area contributed by atoms with Gasteiger partial charge in [-0.15, -0.1) is 5.92 Å². The summed E-state index contributed by atoms with van der Waals surface area (Å²) in [5.74, 6) is 6.35. The summed E-state index contributed by atoms with van der Waals surface area (Å²) in [5.41, 5.74) is 1.26. The summed E-state index contributed by atoms with van der Waals surface area (Å²) in [6.45, 7) is 2.23. The van der Waals surface area contributed by atoms with Gasteiger partial charge in [0.05, 0.1) is 6.10 Å². The fourth-order valence-corrected chi connectivity index (χ4v) is 2.22. The molecule has 1 aromatic rings. The van der Waals surface area contributed by atoms with E-state index in [1.54, 1.807) is 0 Å². The second-order valence-corrected chi connectivity index (χ2v) is 5.41. The first-order chi connectivity index (χ1) is 9.83. The van der Waals surface area contributed by atoms with Crippen LogP contribution in [0.25, 0.3) is 0 Å². The van der Waals surface area contributed by atoms with E-state index in [-0.39, 0.29) is 6.10 Å². The molecule has 0 saturated carbocycles. The van der Waals surface area contributed by atoms with Crippen LogP contribution in [-0.2, 0) is 6.42 Å². The van der Waals surface area contributed by atoms with Crippen LogP contribution >= 0.6 is 0 Å². The predicted octanol–water partition coefficient (Wildman–Crippen LogP) is 4.73. The topological polar surface area (TPSA) is 20.2 Å². The summed E-state index contributed by atoms with van der Waals surface area (Å²) >= 11 is 0. The number of unbranched alkanes of at least 4 members (excludes halogenated alkanes) is 4. The monoisotopic (exact) mass is 272 g/mol. The van der Waals surface area contributed by atoms with Crippen LogP contribution in [0.15, 0.2) is 30.3 Å². The standard InChI is InChI=1S/C19H28O/c1-2-3-4-5-11-16-19(20)17-12-7-10-15-18-13-8-6-9-14-18/h6,8-9,13-14,19-20H,2-5,11-12,15-17H2,1H3. The predicted molar refractivity (Wildman–Crippen MR) is 86.5 cm³/mol. The van der Waals surface area contributed by atoms with E-state index < -0.39 is 0 Å². The van der Waals surface area contributed by atoms with Gasteiger partial charge in [-0.25, -0.2) is 0 Å². The molecule has 1 N–H and O–H groups in total. The zero-order valence-electron chi connectivity index (χ0n) is 12.8. The van der Waals surface area contributed by atoms with E-state index in [1.165, 1.54) is 31.2 Å². The van der Waals surface area contributed by atoms with Crippen molar-refractivity contribution < 1.29 is 5.11 Å². The van der Waals surface area contributed by atoms with Gasteiger partial charge in [0.2, 0.25) is 0 Å². The molecule has 0 bridgehead atoms. The molecule has 1 nitrogen and oxygen atoms in total. The fraction of sp³-hybridized carbons (Fsp3) is 0.579. The summed E-state index contributed by atoms with van der Waals surface area (Å²) in [4.78, 5) is 0. The highest BCUT2D eigenvalue weighted by atomic mass is 16.3. The summed E-state index contributed by atoms with van der Waals surface area (Å²) in [5, 5.41) is 9.85. The minimum Gasteiger partial charge on any atom is -0.393 e. The molecule has 0 aliphatic carbocycles. The van der Waals surface area contributed by atoms with Crippen molar-refractivity contribution in [1.29, 1.82) is 0 Å². The Morgan fingerprint density at radius 2 is 1.70 bits per heavy atom. The molecule has 0 spiro atoms. The van der Waals surface area contributed by atoms with Crippen molar-refractivity contribution in [2.24, 2.45) is 0 Å². The molecule has 1 rings (SSSR count). The molecule has 0 aromatic heterocycles. The molecular formula is C19H28O. The normalized spacial score (nSPS) is 11.7. The third-order valence-electron chi connectivity index (χ3n) is 3.50. The Bertz CT molecular complexity index is 385. The van der Waals surface area contributed by atoms with Crippen molar-refractivity contribution in [3.63, 3.8) is 0 Å². The lowest BCUT2D eigenvalue weighted by Gasteiger charge is -2.07. The van der Waals surface area contributed by atoms with E-state index in [0.717, 1.165) is 32.1 Å². The molecule has 1 unspecified atom stereocenters. The lowest BCUT2D eigenvalue weighted by molar-refractivity contribution is 0.152. The number of hydrogen-bond donors (Lipinski definition) is 1. The van der Waals surface area contributed by atoms with Crippen molar-refractivity contribution in [3.05, 3.63) is 35.9 Å². The second kappa shape index (κ2) is 11.6. The lowest BCUT2D eigenvalue weighted by Crippen LogP contribution is -2.05. The van der Waals surface area contributed by atoms with Crippen LogP contribution in [0.3, 0.4) is 0 Å². The largest absolute Gasteiger partial charge is 0.393 e. The molecule has 0 aliphatic rings. The first-order valence-electron chi connectivity index (χ1n) is 8.00. The fourth-order valence-electron chi connectivity index (χ4n) is 2.22. The van der Waals surface area contributed by atoms with E-state index >= 15 is 0 Å². The van der Waals surface area contributed by atoms with E-state index in [9.17, 15) is 5.11 Å². The number of benzene rings is 1. The van der Waals surface area contributed by atoms with Crippen molar-refractivity contribution in [2.75, 3.05) is 0 Å². The highest BCUT2D eigenvalue weighted by Gasteiger charge is 2.02. The highest BCUT2D eigenvalue weighted by molar-refractivity contribution is 5.20. The Morgan fingerprint density at radius 3 is 2.45 bits per heavy atom. The number of aliphatic hydroxyl groups is 1. The third kappa shape index (κ3) is 8.77. The van der Waals surface area contributed by atoms with Gasteiger partial charge >= 0.3 is 0 Å². The first kappa shape index (κ1) is 16.8. The van der Waals surface area contributed by atoms with Gasteiger partial charge in [0, 0.05) is 12.8 Å². The molecule has 0 fully saturated rings. The van der Waals surface area contributed by atoms with Crippen molar-refractivity contribution in [3.8, 4) is 11.8 Å². The first-order valence-corrected chi connectivity index (χ1v) is 8.00. The highest BCUT2D eigenvalue weighted by Crippen LogP contribution is 2.10. The molecular weight excluding hydrogens is 244 g/mol.